The van der Waals surface area contributed by atoms with Crippen LogP contribution < -0.4 is 15.5 Å². The molecule has 0 fully saturated rings. The van der Waals surface area contributed by atoms with Crippen LogP contribution in [0.4, 0.5) is 10.5 Å². The average Bonchev–Trinajstić information content (AvgIpc) is 2.57. The maximum absolute atomic E-state index is 11.8. The number of amides is 2. The molecule has 0 bridgehead atoms. The number of aryl methyl sites for hydroxylation is 1. The Kier molecular flexibility index (Phi) is 7.01. The van der Waals surface area contributed by atoms with E-state index in [1.165, 1.54) is 0 Å². The van der Waals surface area contributed by atoms with E-state index in [1.54, 1.807) is 6.21 Å². The van der Waals surface area contributed by atoms with Gasteiger partial charge in [0.05, 0.1) is 12.8 Å². The van der Waals surface area contributed by atoms with E-state index in [9.17, 15) is 4.79 Å². The molecule has 0 saturated carbocycles. The molecule has 0 saturated heterocycles. The highest BCUT2D eigenvalue weighted by atomic mass is 79.9. The van der Waals surface area contributed by atoms with Gasteiger partial charge in [0, 0.05) is 10.2 Å². The minimum Gasteiger partial charge on any atom is -0.493 e. The molecule has 2 aromatic carbocycles. The highest BCUT2D eigenvalue weighted by Gasteiger charge is 2.02. The Hall–Kier alpha value is -2.34. The number of carbonyl (C=O) groups excluding carboxylic acids is 1. The van der Waals surface area contributed by atoms with Crippen LogP contribution in [0, 0.1) is 12.8 Å². The van der Waals surface area contributed by atoms with Crippen molar-refractivity contribution in [1.29, 1.82) is 0 Å². The Morgan fingerprint density at radius 3 is 2.60 bits per heavy atom. The number of anilines is 1. The van der Waals surface area contributed by atoms with Gasteiger partial charge in [-0.2, -0.15) is 5.10 Å². The van der Waals surface area contributed by atoms with E-state index in [1.807, 2.05) is 49.4 Å². The molecule has 0 radical (unpaired) electrons. The normalized spacial score (nSPS) is 10.9. The zero-order valence-corrected chi connectivity index (χ0v) is 16.1. The lowest BCUT2D eigenvalue weighted by Crippen LogP contribution is -2.24. The van der Waals surface area contributed by atoms with Crippen LogP contribution in [0.1, 0.15) is 25.0 Å². The largest absolute Gasteiger partial charge is 0.493 e. The van der Waals surface area contributed by atoms with Crippen molar-refractivity contribution in [3.05, 3.63) is 58.1 Å². The van der Waals surface area contributed by atoms with Crippen LogP contribution in [-0.4, -0.2) is 18.9 Å². The van der Waals surface area contributed by atoms with E-state index in [2.05, 4.69) is 45.6 Å². The molecule has 0 aliphatic heterocycles. The zero-order valence-electron chi connectivity index (χ0n) is 14.5. The van der Waals surface area contributed by atoms with Crippen molar-refractivity contribution in [2.75, 3.05) is 11.9 Å². The van der Waals surface area contributed by atoms with Gasteiger partial charge in [0.1, 0.15) is 5.75 Å². The Bertz CT molecular complexity index is 743. The fraction of sp³-hybridized carbons (Fsp3) is 0.263. The second-order valence-electron chi connectivity index (χ2n) is 6.06. The van der Waals surface area contributed by atoms with Gasteiger partial charge in [-0.15, -0.1) is 0 Å². The van der Waals surface area contributed by atoms with E-state index in [0.717, 1.165) is 21.3 Å². The molecule has 6 heteroatoms. The summed E-state index contributed by atoms with van der Waals surface area (Å²) in [5, 5.41) is 6.67. The Balaban J connectivity index is 1.83. The second-order valence-corrected chi connectivity index (χ2v) is 6.92. The van der Waals surface area contributed by atoms with Crippen LogP contribution in [0.5, 0.6) is 5.75 Å². The number of hydrogen-bond acceptors (Lipinski definition) is 3. The number of nitrogens with zero attached hydrogens (tertiary/aromatic N) is 1. The predicted octanol–water partition coefficient (Wildman–Crippen LogP) is 4.95. The van der Waals surface area contributed by atoms with E-state index in [4.69, 9.17) is 4.74 Å². The molecule has 132 valence electrons. The number of nitrogens with one attached hydrogen (secondary N) is 2. The number of hydrogen-bond donors (Lipinski definition) is 2. The standard InChI is InChI=1S/C19H22BrN3O2/c1-13(2)12-25-17-7-4-15(5-8-17)11-21-23-19(24)22-16-6-9-18(20)14(3)10-16/h4-11,13H,12H2,1-3H3,(H2,22,23,24)/b21-11-. The van der Waals surface area contributed by atoms with Gasteiger partial charge in [-0.1, -0.05) is 29.8 Å². The summed E-state index contributed by atoms with van der Waals surface area (Å²) in [6.07, 6.45) is 1.58. The summed E-state index contributed by atoms with van der Waals surface area (Å²) in [6, 6.07) is 12.7. The molecule has 2 rings (SSSR count). The third kappa shape index (κ3) is 6.58. The maximum Gasteiger partial charge on any atom is 0.339 e. The van der Waals surface area contributed by atoms with E-state index in [-0.39, 0.29) is 0 Å². The molecule has 2 N–H and O–H groups in total. The van der Waals surface area contributed by atoms with Crippen molar-refractivity contribution in [2.45, 2.75) is 20.8 Å². The monoisotopic (exact) mass is 403 g/mol. The Labute approximate surface area is 156 Å². The third-order valence-corrected chi connectivity index (χ3v) is 4.15. The summed E-state index contributed by atoms with van der Waals surface area (Å²) in [4.78, 5) is 11.8. The van der Waals surface area contributed by atoms with Crippen LogP contribution in [0.3, 0.4) is 0 Å². The van der Waals surface area contributed by atoms with Crippen LogP contribution in [0.2, 0.25) is 0 Å². The van der Waals surface area contributed by atoms with Crippen molar-refractivity contribution in [2.24, 2.45) is 11.0 Å². The summed E-state index contributed by atoms with van der Waals surface area (Å²) < 4.78 is 6.62. The quantitative estimate of drug-likeness (QED) is 0.529. The number of hydrazone groups is 1. The molecule has 0 spiro atoms. The van der Waals surface area contributed by atoms with Gasteiger partial charge < -0.3 is 10.1 Å². The second kappa shape index (κ2) is 9.22. The molecule has 5 nitrogen and oxygen atoms in total. The van der Waals surface area contributed by atoms with Crippen molar-refractivity contribution >= 4 is 33.9 Å². The summed E-state index contributed by atoms with van der Waals surface area (Å²) in [6.45, 7) is 6.85. The van der Waals surface area contributed by atoms with E-state index < -0.39 is 6.03 Å². The lowest BCUT2D eigenvalue weighted by atomic mass is 10.2. The van der Waals surface area contributed by atoms with Crippen molar-refractivity contribution in [3.8, 4) is 5.75 Å². The van der Waals surface area contributed by atoms with Crippen molar-refractivity contribution in [1.82, 2.24) is 5.43 Å². The highest BCUT2D eigenvalue weighted by molar-refractivity contribution is 9.10. The minimum absolute atomic E-state index is 0.394. The minimum atomic E-state index is -0.394. The first-order chi connectivity index (χ1) is 11.9. The predicted molar refractivity (Wildman–Crippen MR) is 105 cm³/mol. The average molecular weight is 404 g/mol. The van der Waals surface area contributed by atoms with Crippen LogP contribution >= 0.6 is 15.9 Å². The molecule has 0 unspecified atom stereocenters. The highest BCUT2D eigenvalue weighted by Crippen LogP contribution is 2.19. The first kappa shape index (κ1) is 19.0. The maximum atomic E-state index is 11.8. The molecule has 0 aliphatic rings. The van der Waals surface area contributed by atoms with Crippen molar-refractivity contribution < 1.29 is 9.53 Å². The topological polar surface area (TPSA) is 62.7 Å². The number of benzene rings is 2. The van der Waals surface area contributed by atoms with Gasteiger partial charge >= 0.3 is 6.03 Å². The van der Waals surface area contributed by atoms with Gasteiger partial charge in [0.25, 0.3) is 0 Å². The summed E-state index contributed by atoms with van der Waals surface area (Å²) in [5.74, 6) is 1.31. The number of ether oxygens (including phenoxy) is 1. The molecule has 2 aromatic rings. The number of urea groups is 1. The molecular formula is C19H22BrN3O2. The van der Waals surface area contributed by atoms with Crippen molar-refractivity contribution in [3.63, 3.8) is 0 Å². The summed E-state index contributed by atoms with van der Waals surface area (Å²) in [7, 11) is 0. The fourth-order valence-electron chi connectivity index (χ4n) is 1.96. The lowest BCUT2D eigenvalue weighted by molar-refractivity contribution is 0.252. The number of carbonyl (C=O) groups is 1. The summed E-state index contributed by atoms with van der Waals surface area (Å²) >= 11 is 3.42. The Morgan fingerprint density at radius 1 is 1.24 bits per heavy atom. The molecule has 0 heterocycles. The van der Waals surface area contributed by atoms with Gasteiger partial charge in [-0.05, 0) is 66.4 Å². The third-order valence-electron chi connectivity index (χ3n) is 3.26. The molecular weight excluding hydrogens is 382 g/mol. The first-order valence-corrected chi connectivity index (χ1v) is 8.82. The van der Waals surface area contributed by atoms with E-state index >= 15 is 0 Å². The van der Waals surface area contributed by atoms with Gasteiger partial charge in [-0.3, -0.25) is 0 Å². The first-order valence-electron chi connectivity index (χ1n) is 8.03. The SMILES string of the molecule is Cc1cc(NC(=O)N/N=C\c2ccc(OCC(C)C)cc2)ccc1Br. The van der Waals surface area contributed by atoms with E-state index in [0.29, 0.717) is 18.2 Å². The van der Waals surface area contributed by atoms with Crippen LogP contribution in [0.15, 0.2) is 52.0 Å². The summed E-state index contributed by atoms with van der Waals surface area (Å²) in [5.41, 5.74) is 5.07. The lowest BCUT2D eigenvalue weighted by Gasteiger charge is -2.08. The molecule has 0 aliphatic carbocycles. The zero-order chi connectivity index (χ0) is 18.2. The molecule has 2 amide bonds. The van der Waals surface area contributed by atoms with Gasteiger partial charge in [0.15, 0.2) is 0 Å². The smallest absolute Gasteiger partial charge is 0.339 e. The van der Waals surface area contributed by atoms with Gasteiger partial charge in [-0.25, -0.2) is 10.2 Å². The molecule has 0 aromatic heterocycles. The number of rotatable bonds is 6. The number of halogens is 1. The fourth-order valence-corrected chi connectivity index (χ4v) is 2.21. The molecule has 0 atom stereocenters. The van der Waals surface area contributed by atoms with Gasteiger partial charge in [0.2, 0.25) is 0 Å². The molecule has 25 heavy (non-hydrogen) atoms. The Morgan fingerprint density at radius 2 is 1.96 bits per heavy atom. The van der Waals surface area contributed by atoms with Crippen LogP contribution in [0.25, 0.3) is 0 Å². The van der Waals surface area contributed by atoms with Crippen LogP contribution in [-0.2, 0) is 0 Å².